The summed E-state index contributed by atoms with van der Waals surface area (Å²) in [5.41, 5.74) is 2.25. The smallest absolute Gasteiger partial charge is 0.344 e. The van der Waals surface area contributed by atoms with Gasteiger partial charge in [-0.3, -0.25) is 0 Å². The molecule has 0 radical (unpaired) electrons. The third-order valence-electron chi connectivity index (χ3n) is 3.06. The fourth-order valence-corrected chi connectivity index (χ4v) is 2.11. The SMILES string of the molecule is Cc1ccc(OC=C2OC(=O)c3ccccc32)cc1Cl. The van der Waals surface area contributed by atoms with E-state index >= 15 is 0 Å². The van der Waals surface area contributed by atoms with Crippen LogP contribution in [0.1, 0.15) is 21.5 Å². The summed E-state index contributed by atoms with van der Waals surface area (Å²) in [7, 11) is 0. The van der Waals surface area contributed by atoms with E-state index in [4.69, 9.17) is 21.1 Å². The first-order chi connectivity index (χ1) is 9.65. The first-order valence-corrected chi connectivity index (χ1v) is 6.47. The van der Waals surface area contributed by atoms with E-state index in [0.29, 0.717) is 22.1 Å². The molecule has 1 heterocycles. The van der Waals surface area contributed by atoms with Crippen molar-refractivity contribution in [3.05, 3.63) is 70.4 Å². The van der Waals surface area contributed by atoms with E-state index < -0.39 is 0 Å². The fourth-order valence-electron chi connectivity index (χ4n) is 1.94. The molecule has 0 N–H and O–H groups in total. The number of carbonyl (C=O) groups excluding carboxylic acids is 1. The summed E-state index contributed by atoms with van der Waals surface area (Å²) in [6.07, 6.45) is 1.42. The molecular formula is C16H11ClO3. The van der Waals surface area contributed by atoms with Gasteiger partial charge >= 0.3 is 5.97 Å². The van der Waals surface area contributed by atoms with E-state index in [-0.39, 0.29) is 5.97 Å². The number of hydrogen-bond donors (Lipinski definition) is 0. The molecule has 2 aromatic rings. The summed E-state index contributed by atoms with van der Waals surface area (Å²) in [6, 6.07) is 12.6. The highest BCUT2D eigenvalue weighted by Gasteiger charge is 2.26. The third-order valence-corrected chi connectivity index (χ3v) is 3.47. The number of aryl methyl sites for hydroxylation is 1. The molecule has 0 fully saturated rings. The van der Waals surface area contributed by atoms with Crippen LogP contribution < -0.4 is 4.74 Å². The Bertz CT molecular complexity index is 719. The second kappa shape index (κ2) is 5.02. The van der Waals surface area contributed by atoms with Crippen molar-refractivity contribution in [1.29, 1.82) is 0 Å². The van der Waals surface area contributed by atoms with Crippen LogP contribution in [0.25, 0.3) is 5.76 Å². The summed E-state index contributed by atoms with van der Waals surface area (Å²) in [6.45, 7) is 1.92. The summed E-state index contributed by atoms with van der Waals surface area (Å²) in [5.74, 6) is 0.633. The van der Waals surface area contributed by atoms with Crippen molar-refractivity contribution in [2.24, 2.45) is 0 Å². The standard InChI is InChI=1S/C16H11ClO3/c1-10-6-7-11(8-14(10)17)19-9-15-12-4-2-3-5-13(12)16(18)20-15/h2-9H,1H3. The van der Waals surface area contributed by atoms with Gasteiger partial charge in [-0.25, -0.2) is 4.79 Å². The van der Waals surface area contributed by atoms with Crippen molar-refractivity contribution in [2.75, 3.05) is 0 Å². The Kier molecular flexibility index (Phi) is 3.20. The number of fused-ring (bicyclic) bond motifs is 1. The first kappa shape index (κ1) is 12.8. The van der Waals surface area contributed by atoms with E-state index in [0.717, 1.165) is 11.1 Å². The lowest BCUT2D eigenvalue weighted by Gasteiger charge is -2.04. The Balaban J connectivity index is 1.87. The molecule has 1 aliphatic heterocycles. The van der Waals surface area contributed by atoms with Crippen LogP contribution in [-0.2, 0) is 4.74 Å². The number of esters is 1. The van der Waals surface area contributed by atoms with E-state index in [1.165, 1.54) is 6.26 Å². The average Bonchev–Trinajstić information content (AvgIpc) is 2.78. The molecule has 0 amide bonds. The Labute approximate surface area is 121 Å². The number of carbonyl (C=O) groups is 1. The van der Waals surface area contributed by atoms with Gasteiger partial charge < -0.3 is 9.47 Å². The maximum Gasteiger partial charge on any atom is 0.344 e. The van der Waals surface area contributed by atoms with Crippen molar-refractivity contribution >= 4 is 23.3 Å². The maximum absolute atomic E-state index is 11.6. The molecule has 0 atom stereocenters. The molecule has 100 valence electrons. The molecule has 0 saturated heterocycles. The fraction of sp³-hybridized carbons (Fsp3) is 0.0625. The molecule has 3 nitrogen and oxygen atoms in total. The van der Waals surface area contributed by atoms with Crippen molar-refractivity contribution in [1.82, 2.24) is 0 Å². The highest BCUT2D eigenvalue weighted by molar-refractivity contribution is 6.31. The van der Waals surface area contributed by atoms with E-state index in [1.807, 2.05) is 25.1 Å². The number of ether oxygens (including phenoxy) is 2. The summed E-state index contributed by atoms with van der Waals surface area (Å²) in [4.78, 5) is 11.6. The van der Waals surface area contributed by atoms with Crippen molar-refractivity contribution < 1.29 is 14.3 Å². The summed E-state index contributed by atoms with van der Waals surface area (Å²) in [5, 5.41) is 0.629. The first-order valence-electron chi connectivity index (χ1n) is 6.10. The third kappa shape index (κ3) is 2.28. The van der Waals surface area contributed by atoms with Crippen LogP contribution >= 0.6 is 11.6 Å². The number of benzene rings is 2. The van der Waals surface area contributed by atoms with Gasteiger partial charge in [0.1, 0.15) is 12.0 Å². The topological polar surface area (TPSA) is 35.5 Å². The lowest BCUT2D eigenvalue weighted by Crippen LogP contribution is -1.92. The minimum atomic E-state index is -0.364. The van der Waals surface area contributed by atoms with Gasteiger partial charge in [-0.1, -0.05) is 35.9 Å². The van der Waals surface area contributed by atoms with Crippen LogP contribution in [0.5, 0.6) is 5.75 Å². The van der Waals surface area contributed by atoms with Gasteiger partial charge in [-0.05, 0) is 30.7 Å². The predicted octanol–water partition coefficient (Wildman–Crippen LogP) is 4.20. The van der Waals surface area contributed by atoms with Gasteiger partial charge in [-0.15, -0.1) is 0 Å². The number of halogens is 1. The second-order valence-electron chi connectivity index (χ2n) is 4.45. The zero-order valence-corrected chi connectivity index (χ0v) is 11.5. The van der Waals surface area contributed by atoms with Gasteiger partial charge in [0.25, 0.3) is 0 Å². The molecule has 0 unspecified atom stereocenters. The number of rotatable bonds is 2. The van der Waals surface area contributed by atoms with Gasteiger partial charge in [0.05, 0.1) is 5.56 Å². The van der Waals surface area contributed by atoms with Crippen molar-refractivity contribution in [3.63, 3.8) is 0 Å². The van der Waals surface area contributed by atoms with Crippen LogP contribution in [0.15, 0.2) is 48.7 Å². The quantitative estimate of drug-likeness (QED) is 0.613. The Hall–Kier alpha value is -2.26. The van der Waals surface area contributed by atoms with Crippen LogP contribution in [-0.4, -0.2) is 5.97 Å². The maximum atomic E-state index is 11.6. The van der Waals surface area contributed by atoms with Crippen LogP contribution in [0.4, 0.5) is 0 Å². The molecule has 2 aromatic carbocycles. The Morgan fingerprint density at radius 2 is 1.90 bits per heavy atom. The van der Waals surface area contributed by atoms with E-state index in [2.05, 4.69) is 0 Å². The van der Waals surface area contributed by atoms with Gasteiger partial charge in [0, 0.05) is 10.6 Å². The van der Waals surface area contributed by atoms with Crippen molar-refractivity contribution in [3.8, 4) is 5.75 Å². The minimum absolute atomic E-state index is 0.364. The molecule has 0 saturated carbocycles. The monoisotopic (exact) mass is 286 g/mol. The average molecular weight is 287 g/mol. The lowest BCUT2D eigenvalue weighted by atomic mass is 10.1. The zero-order valence-electron chi connectivity index (χ0n) is 10.7. The number of cyclic esters (lactones) is 1. The molecular weight excluding hydrogens is 276 g/mol. The second-order valence-corrected chi connectivity index (χ2v) is 4.85. The molecule has 20 heavy (non-hydrogen) atoms. The van der Waals surface area contributed by atoms with E-state index in [1.54, 1.807) is 24.3 Å². The van der Waals surface area contributed by atoms with Gasteiger partial charge in [0.15, 0.2) is 5.76 Å². The molecule has 3 rings (SSSR count). The number of hydrogen-bond acceptors (Lipinski definition) is 3. The van der Waals surface area contributed by atoms with Gasteiger partial charge in [0.2, 0.25) is 0 Å². The zero-order chi connectivity index (χ0) is 14.1. The molecule has 0 spiro atoms. The Morgan fingerprint density at radius 1 is 1.15 bits per heavy atom. The van der Waals surface area contributed by atoms with E-state index in [9.17, 15) is 4.79 Å². The summed E-state index contributed by atoms with van der Waals surface area (Å²) >= 11 is 6.03. The molecule has 0 aromatic heterocycles. The molecule has 1 aliphatic rings. The summed E-state index contributed by atoms with van der Waals surface area (Å²) < 4.78 is 10.7. The largest absolute Gasteiger partial charge is 0.461 e. The highest BCUT2D eigenvalue weighted by atomic mass is 35.5. The highest BCUT2D eigenvalue weighted by Crippen LogP contribution is 2.30. The van der Waals surface area contributed by atoms with Crippen LogP contribution in [0.2, 0.25) is 5.02 Å². The molecule has 4 heteroatoms. The normalized spacial score (nSPS) is 15.1. The lowest BCUT2D eigenvalue weighted by molar-refractivity contribution is 0.0712. The van der Waals surface area contributed by atoms with Crippen LogP contribution in [0.3, 0.4) is 0 Å². The van der Waals surface area contributed by atoms with Crippen LogP contribution in [0, 0.1) is 6.92 Å². The predicted molar refractivity (Wildman–Crippen MR) is 76.7 cm³/mol. The molecule has 0 aliphatic carbocycles. The Morgan fingerprint density at radius 3 is 2.65 bits per heavy atom. The molecule has 0 bridgehead atoms. The minimum Gasteiger partial charge on any atom is -0.461 e. The van der Waals surface area contributed by atoms with Gasteiger partial charge in [-0.2, -0.15) is 0 Å². The van der Waals surface area contributed by atoms with Crippen molar-refractivity contribution in [2.45, 2.75) is 6.92 Å².